The molecule has 0 radical (unpaired) electrons. The summed E-state index contributed by atoms with van der Waals surface area (Å²) >= 11 is 5.04. The maximum Gasteiger partial charge on any atom is 0.472 e. The molecule has 8 heteroatoms. The van der Waals surface area contributed by atoms with Crippen LogP contribution in [0.25, 0.3) is 0 Å². The molecule has 1 atom stereocenters. The molecular formula is C13H30BI2NO2S2. The van der Waals surface area contributed by atoms with Crippen molar-refractivity contribution in [2.24, 2.45) is 0 Å². The van der Waals surface area contributed by atoms with Crippen molar-refractivity contribution < 1.29 is 9.31 Å². The standard InChI is InChI=1S/C13H30BI2NO2S2/c1-12(2)13(3,4)19-14(18-12)11(15)10-21(8,9)17(16)20(5,6)7/h11H,10H2,1-9H3. The lowest BCUT2D eigenvalue weighted by Crippen LogP contribution is -2.41. The van der Waals surface area contributed by atoms with Crippen molar-refractivity contribution in [1.29, 1.82) is 0 Å². The van der Waals surface area contributed by atoms with E-state index in [1.807, 2.05) is 0 Å². The molecule has 1 unspecified atom stereocenters. The number of hydrogen-bond donors (Lipinski definition) is 0. The fourth-order valence-electron chi connectivity index (χ4n) is 2.17. The summed E-state index contributed by atoms with van der Waals surface area (Å²) < 4.78 is 15.4. The highest BCUT2D eigenvalue weighted by Crippen LogP contribution is 2.62. The van der Waals surface area contributed by atoms with Gasteiger partial charge in [-0.3, -0.25) is 0 Å². The zero-order chi connectivity index (χ0) is 16.9. The minimum atomic E-state index is -0.840. The largest absolute Gasteiger partial charge is 0.472 e. The van der Waals surface area contributed by atoms with Crippen LogP contribution in [0.3, 0.4) is 0 Å². The number of alkyl halides is 1. The first-order chi connectivity index (χ1) is 9.10. The molecule has 3 nitrogen and oxygen atoms in total. The maximum absolute atomic E-state index is 6.21. The molecule has 128 valence electrons. The van der Waals surface area contributed by atoms with Crippen LogP contribution < -0.4 is 0 Å². The minimum Gasteiger partial charge on any atom is -0.403 e. The Labute approximate surface area is 162 Å². The summed E-state index contributed by atoms with van der Waals surface area (Å²) in [5.74, 6) is 1.12. The van der Waals surface area contributed by atoms with Crippen molar-refractivity contribution in [3.05, 3.63) is 0 Å². The third kappa shape index (κ3) is 5.04. The molecule has 1 aliphatic heterocycles. The Morgan fingerprint density at radius 1 is 1.00 bits per heavy atom. The topological polar surface area (TPSA) is 21.7 Å². The molecule has 0 aromatic carbocycles. The molecule has 0 N–H and O–H groups in total. The molecule has 0 saturated carbocycles. The Bertz CT molecular complexity index is 373. The van der Waals surface area contributed by atoms with Crippen LogP contribution in [0.5, 0.6) is 0 Å². The normalized spacial score (nSPS) is 25.2. The number of rotatable bonds is 5. The average Bonchev–Trinajstić information content (AvgIpc) is 2.45. The zero-order valence-electron chi connectivity index (χ0n) is 14.7. The number of nitrogens with zero attached hydrogens (tertiary/aromatic N) is 1. The van der Waals surface area contributed by atoms with E-state index in [4.69, 9.17) is 9.31 Å². The van der Waals surface area contributed by atoms with E-state index in [1.54, 1.807) is 0 Å². The van der Waals surface area contributed by atoms with Crippen molar-refractivity contribution in [2.45, 2.75) is 42.7 Å². The van der Waals surface area contributed by atoms with Crippen LogP contribution in [-0.2, 0) is 9.31 Å². The van der Waals surface area contributed by atoms with E-state index >= 15 is 0 Å². The summed E-state index contributed by atoms with van der Waals surface area (Å²) in [4.78, 5) is 0. The molecule has 1 aliphatic rings. The lowest BCUT2D eigenvalue weighted by Gasteiger charge is -2.49. The van der Waals surface area contributed by atoms with Gasteiger partial charge in [0.1, 0.15) is 0 Å². The first-order valence-corrected chi connectivity index (χ1v) is 14.6. The summed E-state index contributed by atoms with van der Waals surface area (Å²) in [6.07, 6.45) is 11.9. The Kier molecular flexibility index (Phi) is 6.83. The van der Waals surface area contributed by atoms with Gasteiger partial charge < -0.3 is 9.31 Å². The summed E-state index contributed by atoms with van der Waals surface area (Å²) in [5, 5.41) is 0. The van der Waals surface area contributed by atoms with Crippen LogP contribution in [0.4, 0.5) is 0 Å². The van der Waals surface area contributed by atoms with Gasteiger partial charge in [0.15, 0.2) is 0 Å². The van der Waals surface area contributed by atoms with Gasteiger partial charge in [-0.05, 0) is 59.0 Å². The molecule has 21 heavy (non-hydrogen) atoms. The fraction of sp³-hybridized carbons (Fsp3) is 1.00. The van der Waals surface area contributed by atoms with Crippen LogP contribution in [0, 0.1) is 0 Å². The fourth-order valence-corrected chi connectivity index (χ4v) is 11.7. The number of halogens is 2. The highest BCUT2D eigenvalue weighted by molar-refractivity contribution is 14.1. The maximum atomic E-state index is 6.21. The third-order valence-corrected chi connectivity index (χ3v) is 17.7. The number of hydrogen-bond acceptors (Lipinski definition) is 3. The van der Waals surface area contributed by atoms with Gasteiger partial charge >= 0.3 is 7.12 Å². The van der Waals surface area contributed by atoms with E-state index in [0.717, 1.165) is 5.75 Å². The quantitative estimate of drug-likeness (QED) is 0.211. The molecular weight excluding hydrogens is 531 g/mol. The van der Waals surface area contributed by atoms with Gasteiger partial charge in [0.05, 0.1) is 15.0 Å². The first-order valence-electron chi connectivity index (χ1n) is 6.95. The molecule has 0 amide bonds. The van der Waals surface area contributed by atoms with Crippen molar-refractivity contribution >= 4 is 73.0 Å². The van der Waals surface area contributed by atoms with Gasteiger partial charge in [-0.25, -0.2) is 0 Å². The molecule has 0 spiro atoms. The SMILES string of the molecule is CC1(C)OB(C(I)CS(C)(C)N(I)S(C)(C)C)OC1(C)C. The van der Waals surface area contributed by atoms with Crippen LogP contribution in [0.1, 0.15) is 27.7 Å². The predicted octanol–water partition coefficient (Wildman–Crippen LogP) is 4.66. The van der Waals surface area contributed by atoms with Crippen molar-refractivity contribution in [2.75, 3.05) is 37.0 Å². The van der Waals surface area contributed by atoms with Crippen molar-refractivity contribution in [1.82, 2.24) is 1.92 Å². The molecule has 0 bridgehead atoms. The van der Waals surface area contributed by atoms with Crippen LogP contribution >= 0.6 is 65.9 Å². The highest BCUT2D eigenvalue weighted by atomic mass is 127. The van der Waals surface area contributed by atoms with Crippen molar-refractivity contribution in [3.8, 4) is 0 Å². The third-order valence-electron chi connectivity index (χ3n) is 3.95. The van der Waals surface area contributed by atoms with Gasteiger partial charge in [0, 0.05) is 28.6 Å². The van der Waals surface area contributed by atoms with Gasteiger partial charge in [0.2, 0.25) is 0 Å². The second-order valence-electron chi connectivity index (χ2n) is 7.77. The minimum absolute atomic E-state index is 0.109. The molecule has 0 aromatic heterocycles. The lowest BCUT2D eigenvalue weighted by atomic mass is 9.86. The molecule has 1 saturated heterocycles. The van der Waals surface area contributed by atoms with Gasteiger partial charge in [0.25, 0.3) is 0 Å². The molecule has 1 rings (SSSR count). The van der Waals surface area contributed by atoms with Crippen molar-refractivity contribution in [3.63, 3.8) is 0 Å². The van der Waals surface area contributed by atoms with E-state index < -0.39 is 20.4 Å². The van der Waals surface area contributed by atoms with Gasteiger partial charge in [-0.15, -0.1) is 0 Å². The lowest BCUT2D eigenvalue weighted by molar-refractivity contribution is 0.00578. The smallest absolute Gasteiger partial charge is 0.403 e. The molecule has 1 heterocycles. The van der Waals surface area contributed by atoms with E-state index in [9.17, 15) is 0 Å². The summed E-state index contributed by atoms with van der Waals surface area (Å²) in [5.41, 5.74) is -0.473. The molecule has 0 aliphatic carbocycles. The average molecular weight is 561 g/mol. The van der Waals surface area contributed by atoms with Gasteiger partial charge in [-0.1, -0.05) is 22.6 Å². The summed E-state index contributed by atoms with van der Waals surface area (Å²) in [7, 11) is -1.65. The predicted molar refractivity (Wildman–Crippen MR) is 119 cm³/mol. The Morgan fingerprint density at radius 3 is 1.71 bits per heavy atom. The Hall–Kier alpha value is 2.10. The van der Waals surface area contributed by atoms with Crippen LogP contribution in [-0.4, -0.2) is 61.1 Å². The Balaban J connectivity index is 2.77. The first kappa shape index (κ1) is 21.1. The zero-order valence-corrected chi connectivity index (χ0v) is 20.6. The second kappa shape index (κ2) is 6.78. The van der Waals surface area contributed by atoms with Crippen LogP contribution in [0.2, 0.25) is 0 Å². The van der Waals surface area contributed by atoms with Crippen LogP contribution in [0.15, 0.2) is 0 Å². The summed E-state index contributed by atoms with van der Waals surface area (Å²) in [6, 6.07) is 0. The van der Waals surface area contributed by atoms with E-state index in [0.29, 0.717) is 3.82 Å². The van der Waals surface area contributed by atoms with E-state index in [2.05, 4.69) is 106 Å². The van der Waals surface area contributed by atoms with E-state index in [-0.39, 0.29) is 18.3 Å². The Morgan fingerprint density at radius 2 is 1.38 bits per heavy atom. The van der Waals surface area contributed by atoms with E-state index in [1.165, 1.54) is 0 Å². The summed E-state index contributed by atoms with van der Waals surface area (Å²) in [6.45, 7) is 8.49. The van der Waals surface area contributed by atoms with Gasteiger partial charge in [-0.2, -0.15) is 22.4 Å². The molecule has 1 fully saturated rings. The highest BCUT2D eigenvalue weighted by Gasteiger charge is 2.53. The monoisotopic (exact) mass is 561 g/mol. The second-order valence-corrected chi connectivity index (χ2v) is 19.4. The molecule has 0 aromatic rings.